The summed E-state index contributed by atoms with van der Waals surface area (Å²) in [7, 11) is 0. The average molecular weight is 427 g/mol. The lowest BCUT2D eigenvalue weighted by molar-refractivity contribution is 0.810. The smallest absolute Gasteiger partial charge is 0.191 e. The third-order valence-electron chi connectivity index (χ3n) is 3.16. The van der Waals surface area contributed by atoms with E-state index in [0.29, 0.717) is 0 Å². The number of hydrogen-bond donors (Lipinski definition) is 3. The first kappa shape index (κ1) is 19.5. The number of nitrogens with zero attached hydrogens (tertiary/aromatic N) is 2. The third-order valence-corrected chi connectivity index (χ3v) is 3.16. The van der Waals surface area contributed by atoms with E-state index < -0.39 is 0 Å². The minimum absolute atomic E-state index is 0. The largest absolute Gasteiger partial charge is 0.368 e. The monoisotopic (exact) mass is 427 g/mol. The van der Waals surface area contributed by atoms with E-state index in [1.807, 2.05) is 24.3 Å². The summed E-state index contributed by atoms with van der Waals surface area (Å²) in [6, 6.07) is 12.2. The number of anilines is 1. The number of aliphatic imine (C=N–C) groups is 1. The maximum atomic E-state index is 4.59. The molecule has 2 aromatic rings. The van der Waals surface area contributed by atoms with Crippen molar-refractivity contribution < 1.29 is 0 Å². The van der Waals surface area contributed by atoms with Crippen LogP contribution in [-0.4, -0.2) is 37.1 Å². The molecule has 0 bridgehead atoms. The molecule has 6 heteroatoms. The van der Waals surface area contributed by atoms with Gasteiger partial charge in [0.1, 0.15) is 5.82 Å². The Kier molecular flexibility index (Phi) is 9.35. The molecule has 23 heavy (non-hydrogen) atoms. The van der Waals surface area contributed by atoms with E-state index in [1.54, 1.807) is 0 Å². The van der Waals surface area contributed by atoms with Gasteiger partial charge < -0.3 is 16.0 Å². The van der Waals surface area contributed by atoms with Crippen LogP contribution in [0.5, 0.6) is 0 Å². The van der Waals surface area contributed by atoms with Crippen LogP contribution in [0, 0.1) is 0 Å². The highest BCUT2D eigenvalue weighted by Gasteiger charge is 1.98. The predicted octanol–water partition coefficient (Wildman–Crippen LogP) is 3.23. The second-order valence-corrected chi connectivity index (χ2v) is 5.00. The highest BCUT2D eigenvalue weighted by atomic mass is 127. The molecule has 1 heterocycles. The molecule has 0 aliphatic rings. The Bertz CT molecular complexity index is 615. The highest BCUT2D eigenvalue weighted by Crippen LogP contribution is 2.13. The summed E-state index contributed by atoms with van der Waals surface area (Å²) < 4.78 is 0. The zero-order valence-electron chi connectivity index (χ0n) is 13.8. The van der Waals surface area contributed by atoms with Gasteiger partial charge in [0, 0.05) is 31.6 Å². The first-order chi connectivity index (χ1) is 10.8. The number of aromatic nitrogens is 1. The molecule has 5 nitrogen and oxygen atoms in total. The van der Waals surface area contributed by atoms with Crippen LogP contribution in [0.4, 0.5) is 5.82 Å². The normalized spacial score (nSPS) is 11.0. The molecule has 0 spiro atoms. The lowest BCUT2D eigenvalue weighted by atomic mass is 10.2. The Morgan fingerprint density at radius 1 is 1.04 bits per heavy atom. The van der Waals surface area contributed by atoms with Gasteiger partial charge in [-0.05, 0) is 31.5 Å². The van der Waals surface area contributed by atoms with E-state index in [4.69, 9.17) is 0 Å². The molecule has 0 aliphatic heterocycles. The van der Waals surface area contributed by atoms with Crippen LogP contribution in [0.1, 0.15) is 20.3 Å². The Hall–Kier alpha value is -1.57. The van der Waals surface area contributed by atoms with Crippen molar-refractivity contribution in [1.29, 1.82) is 0 Å². The van der Waals surface area contributed by atoms with Gasteiger partial charge in [-0.15, -0.1) is 24.0 Å². The lowest BCUT2D eigenvalue weighted by Crippen LogP contribution is -2.39. The summed E-state index contributed by atoms with van der Waals surface area (Å²) in [5, 5.41) is 11.0. The van der Waals surface area contributed by atoms with Gasteiger partial charge in [0.25, 0.3) is 0 Å². The third kappa shape index (κ3) is 6.60. The number of hydrogen-bond acceptors (Lipinski definition) is 3. The van der Waals surface area contributed by atoms with Gasteiger partial charge in [-0.25, -0.2) is 4.98 Å². The van der Waals surface area contributed by atoms with Crippen LogP contribution in [0.15, 0.2) is 41.4 Å². The summed E-state index contributed by atoms with van der Waals surface area (Å²) in [5.74, 6) is 1.77. The fourth-order valence-electron chi connectivity index (χ4n) is 2.10. The number of benzene rings is 1. The molecule has 0 unspecified atom stereocenters. The molecular formula is C17H26IN5. The van der Waals surface area contributed by atoms with Gasteiger partial charge in [0.05, 0.1) is 5.52 Å². The average Bonchev–Trinajstić information content (AvgIpc) is 2.56. The van der Waals surface area contributed by atoms with Crippen LogP contribution < -0.4 is 16.0 Å². The van der Waals surface area contributed by atoms with E-state index >= 15 is 0 Å². The van der Waals surface area contributed by atoms with Crippen LogP contribution in [0.25, 0.3) is 10.9 Å². The zero-order chi connectivity index (χ0) is 15.6. The summed E-state index contributed by atoms with van der Waals surface area (Å²) in [4.78, 5) is 9.06. The molecule has 0 saturated carbocycles. The fraction of sp³-hybridized carbons (Fsp3) is 0.412. The second kappa shape index (κ2) is 11.0. The Labute approximate surface area is 155 Å². The van der Waals surface area contributed by atoms with Crippen LogP contribution in [0.3, 0.4) is 0 Å². The van der Waals surface area contributed by atoms with E-state index in [-0.39, 0.29) is 24.0 Å². The molecule has 0 atom stereocenters. The highest BCUT2D eigenvalue weighted by molar-refractivity contribution is 14.0. The van der Waals surface area contributed by atoms with Gasteiger partial charge in [-0.3, -0.25) is 4.99 Å². The molecule has 0 amide bonds. The van der Waals surface area contributed by atoms with Gasteiger partial charge in [0.2, 0.25) is 0 Å². The second-order valence-electron chi connectivity index (χ2n) is 5.00. The minimum Gasteiger partial charge on any atom is -0.368 e. The van der Waals surface area contributed by atoms with E-state index in [2.05, 4.69) is 51.9 Å². The number of halogens is 1. The van der Waals surface area contributed by atoms with Crippen molar-refractivity contribution >= 4 is 46.7 Å². The molecule has 1 aromatic heterocycles. The Balaban J connectivity index is 0.00000264. The van der Waals surface area contributed by atoms with E-state index in [0.717, 1.165) is 55.3 Å². The summed E-state index contributed by atoms with van der Waals surface area (Å²) in [6.45, 7) is 7.50. The summed E-state index contributed by atoms with van der Waals surface area (Å²) >= 11 is 0. The predicted molar refractivity (Wildman–Crippen MR) is 110 cm³/mol. The maximum absolute atomic E-state index is 4.59. The van der Waals surface area contributed by atoms with Crippen molar-refractivity contribution in [3.63, 3.8) is 0 Å². The maximum Gasteiger partial charge on any atom is 0.191 e. The van der Waals surface area contributed by atoms with Crippen LogP contribution >= 0.6 is 24.0 Å². The van der Waals surface area contributed by atoms with Crippen molar-refractivity contribution in [2.45, 2.75) is 20.3 Å². The summed E-state index contributed by atoms with van der Waals surface area (Å²) in [6.07, 6.45) is 1.05. The molecule has 1 aromatic carbocycles. The topological polar surface area (TPSA) is 61.3 Å². The lowest BCUT2D eigenvalue weighted by Gasteiger charge is -2.12. The number of nitrogens with one attached hydrogen (secondary N) is 3. The first-order valence-corrected chi connectivity index (χ1v) is 7.95. The fourth-order valence-corrected chi connectivity index (χ4v) is 2.10. The van der Waals surface area contributed by atoms with Gasteiger partial charge in [0.15, 0.2) is 5.96 Å². The number of fused-ring (bicyclic) bond motifs is 1. The SMILES string of the molecule is CCCN=C(NCC)NCCNc1ccc2ccccc2n1.I. The van der Waals surface area contributed by atoms with Crippen LogP contribution in [0.2, 0.25) is 0 Å². The number of guanidine groups is 1. The van der Waals surface area contributed by atoms with Crippen molar-refractivity contribution in [2.75, 3.05) is 31.5 Å². The van der Waals surface area contributed by atoms with Crippen molar-refractivity contribution in [1.82, 2.24) is 15.6 Å². The molecule has 3 N–H and O–H groups in total. The molecule has 2 rings (SSSR count). The Morgan fingerprint density at radius 3 is 2.65 bits per heavy atom. The number of pyridine rings is 1. The molecule has 0 radical (unpaired) electrons. The first-order valence-electron chi connectivity index (χ1n) is 7.95. The Morgan fingerprint density at radius 2 is 1.87 bits per heavy atom. The number of rotatable bonds is 7. The van der Waals surface area contributed by atoms with E-state index in [1.165, 1.54) is 0 Å². The molecule has 126 valence electrons. The van der Waals surface area contributed by atoms with Gasteiger partial charge >= 0.3 is 0 Å². The summed E-state index contributed by atoms with van der Waals surface area (Å²) in [5.41, 5.74) is 1.01. The van der Waals surface area contributed by atoms with Gasteiger partial charge in [-0.2, -0.15) is 0 Å². The van der Waals surface area contributed by atoms with Crippen molar-refractivity contribution in [2.24, 2.45) is 4.99 Å². The molecular weight excluding hydrogens is 401 g/mol. The van der Waals surface area contributed by atoms with Crippen molar-refractivity contribution in [3.05, 3.63) is 36.4 Å². The van der Waals surface area contributed by atoms with Gasteiger partial charge in [-0.1, -0.05) is 25.1 Å². The van der Waals surface area contributed by atoms with E-state index in [9.17, 15) is 0 Å². The van der Waals surface area contributed by atoms with Crippen LogP contribution in [-0.2, 0) is 0 Å². The zero-order valence-corrected chi connectivity index (χ0v) is 16.1. The standard InChI is InChI=1S/C17H25N5.HI/c1-3-11-20-17(18-4-2)21-13-12-19-16-10-9-14-7-5-6-8-15(14)22-16;/h5-10H,3-4,11-13H2,1-2H3,(H,19,22)(H2,18,20,21);1H. The van der Waals surface area contributed by atoms with Crippen molar-refractivity contribution in [3.8, 4) is 0 Å². The number of para-hydroxylation sites is 1. The minimum atomic E-state index is 0. The quantitative estimate of drug-likeness (QED) is 0.275. The molecule has 0 saturated heterocycles. The molecule has 0 aliphatic carbocycles. The molecule has 0 fully saturated rings.